The fraction of sp³-hybridized carbons (Fsp3) is 0.846. The van der Waals surface area contributed by atoms with Gasteiger partial charge >= 0.3 is 5.97 Å². The molecular weight excluding hydrogens is 232 g/mol. The van der Waals surface area contributed by atoms with Crippen molar-refractivity contribution in [3.8, 4) is 0 Å². The first kappa shape index (κ1) is 13.3. The lowest BCUT2D eigenvalue weighted by molar-refractivity contribution is -0.148. The Balaban J connectivity index is 1.73. The van der Waals surface area contributed by atoms with Crippen LogP contribution in [0, 0.1) is 17.8 Å². The summed E-state index contributed by atoms with van der Waals surface area (Å²) in [6, 6.07) is -1.19. The first-order valence-corrected chi connectivity index (χ1v) is 6.81. The first-order valence-electron chi connectivity index (χ1n) is 6.81. The van der Waals surface area contributed by atoms with Crippen molar-refractivity contribution >= 4 is 11.9 Å². The number of ether oxygens (including phenoxy) is 1. The molecule has 4 atom stereocenters. The van der Waals surface area contributed by atoms with E-state index in [1.54, 1.807) is 6.92 Å². The highest BCUT2D eigenvalue weighted by molar-refractivity contribution is 6.01. The van der Waals surface area contributed by atoms with Crippen LogP contribution in [0.2, 0.25) is 0 Å². The van der Waals surface area contributed by atoms with Crippen LogP contribution in [0.3, 0.4) is 0 Å². The Morgan fingerprint density at radius 2 is 2.17 bits per heavy atom. The number of amides is 1. The molecule has 0 spiro atoms. The van der Waals surface area contributed by atoms with Crippen LogP contribution in [0.15, 0.2) is 0 Å². The van der Waals surface area contributed by atoms with Crippen LogP contribution in [0.5, 0.6) is 0 Å². The third-order valence-corrected chi connectivity index (χ3v) is 4.25. The maximum atomic E-state index is 11.7. The maximum absolute atomic E-state index is 11.7. The molecule has 2 rings (SSSR count). The number of hydrogen-bond donors (Lipinski definition) is 2. The summed E-state index contributed by atoms with van der Waals surface area (Å²) in [6.45, 7) is 2.58. The fourth-order valence-electron chi connectivity index (χ4n) is 3.31. The average molecular weight is 254 g/mol. The normalized spacial score (nSPS) is 31.1. The fourth-order valence-corrected chi connectivity index (χ4v) is 3.31. The summed E-state index contributed by atoms with van der Waals surface area (Å²) in [5.41, 5.74) is 5.52. The zero-order valence-corrected chi connectivity index (χ0v) is 10.9. The summed E-state index contributed by atoms with van der Waals surface area (Å²) in [6.07, 6.45) is 5.15. The summed E-state index contributed by atoms with van der Waals surface area (Å²) in [5, 5.41) is 2.78. The van der Waals surface area contributed by atoms with Crippen molar-refractivity contribution in [1.82, 2.24) is 5.32 Å². The van der Waals surface area contributed by atoms with Crippen LogP contribution in [0.25, 0.3) is 0 Å². The van der Waals surface area contributed by atoms with Crippen LogP contribution < -0.4 is 11.1 Å². The van der Waals surface area contributed by atoms with E-state index >= 15 is 0 Å². The van der Waals surface area contributed by atoms with E-state index in [0.29, 0.717) is 12.5 Å². The molecule has 5 heteroatoms. The minimum absolute atomic E-state index is 0.242. The van der Waals surface area contributed by atoms with E-state index < -0.39 is 17.9 Å². The van der Waals surface area contributed by atoms with Crippen LogP contribution in [0.4, 0.5) is 0 Å². The lowest BCUT2D eigenvalue weighted by Gasteiger charge is -2.22. The standard InChI is InChI=1S/C13H22N2O3/c1-2-18-13(17)11(14)12(16)15-7-10-6-8-3-4-9(10)5-8/h8-11H,2-7,14H2,1H3,(H,15,16). The highest BCUT2D eigenvalue weighted by Crippen LogP contribution is 2.47. The Bertz CT molecular complexity index is 332. The summed E-state index contributed by atoms with van der Waals surface area (Å²) in [7, 11) is 0. The van der Waals surface area contributed by atoms with Gasteiger partial charge in [-0.3, -0.25) is 4.79 Å². The molecule has 2 saturated carbocycles. The topological polar surface area (TPSA) is 81.4 Å². The molecule has 2 aliphatic carbocycles. The van der Waals surface area contributed by atoms with Crippen molar-refractivity contribution in [2.75, 3.05) is 13.2 Å². The summed E-state index contributed by atoms with van der Waals surface area (Å²) in [5.74, 6) is 1.12. The molecular formula is C13H22N2O3. The van der Waals surface area contributed by atoms with Gasteiger partial charge in [0.2, 0.25) is 5.91 Å². The quantitative estimate of drug-likeness (QED) is 0.550. The highest BCUT2D eigenvalue weighted by Gasteiger charge is 2.39. The lowest BCUT2D eigenvalue weighted by Crippen LogP contribution is -2.48. The molecule has 4 unspecified atom stereocenters. The summed E-state index contributed by atoms with van der Waals surface area (Å²) < 4.78 is 4.72. The molecule has 0 radical (unpaired) electrons. The molecule has 0 aliphatic heterocycles. The minimum atomic E-state index is -1.19. The van der Waals surface area contributed by atoms with E-state index in [0.717, 1.165) is 11.8 Å². The Morgan fingerprint density at radius 1 is 1.39 bits per heavy atom. The van der Waals surface area contributed by atoms with Crippen LogP contribution in [0.1, 0.15) is 32.6 Å². The third-order valence-electron chi connectivity index (χ3n) is 4.25. The van der Waals surface area contributed by atoms with Gasteiger partial charge in [-0.1, -0.05) is 6.42 Å². The van der Waals surface area contributed by atoms with Gasteiger partial charge in [0.05, 0.1) is 6.61 Å². The Morgan fingerprint density at radius 3 is 2.72 bits per heavy atom. The highest BCUT2D eigenvalue weighted by atomic mass is 16.5. The second-order valence-corrected chi connectivity index (χ2v) is 5.41. The minimum Gasteiger partial charge on any atom is -0.464 e. The molecule has 2 bridgehead atoms. The van der Waals surface area contributed by atoms with E-state index in [-0.39, 0.29) is 6.61 Å². The Labute approximate surface area is 107 Å². The van der Waals surface area contributed by atoms with Crippen molar-refractivity contribution in [1.29, 1.82) is 0 Å². The molecule has 0 heterocycles. The molecule has 0 aromatic rings. The predicted molar refractivity (Wildman–Crippen MR) is 66.6 cm³/mol. The molecule has 18 heavy (non-hydrogen) atoms. The van der Waals surface area contributed by atoms with E-state index in [9.17, 15) is 9.59 Å². The van der Waals surface area contributed by atoms with Gasteiger partial charge in [0.1, 0.15) is 0 Å². The molecule has 0 saturated heterocycles. The number of nitrogens with two attached hydrogens (primary N) is 1. The number of carbonyl (C=O) groups excluding carboxylic acids is 2. The van der Waals surface area contributed by atoms with Crippen molar-refractivity contribution < 1.29 is 14.3 Å². The Kier molecular flexibility index (Phi) is 4.22. The molecule has 3 N–H and O–H groups in total. The molecule has 5 nitrogen and oxygen atoms in total. The number of nitrogens with one attached hydrogen (secondary N) is 1. The lowest BCUT2D eigenvalue weighted by atomic mass is 9.89. The SMILES string of the molecule is CCOC(=O)C(N)C(=O)NCC1CC2CCC1C2. The van der Waals surface area contributed by atoms with Gasteiger partial charge in [-0.05, 0) is 43.9 Å². The van der Waals surface area contributed by atoms with Gasteiger partial charge in [-0.2, -0.15) is 0 Å². The number of hydrogen-bond acceptors (Lipinski definition) is 4. The van der Waals surface area contributed by atoms with Gasteiger partial charge in [0.15, 0.2) is 6.04 Å². The Hall–Kier alpha value is -1.10. The van der Waals surface area contributed by atoms with Crippen LogP contribution >= 0.6 is 0 Å². The number of rotatable bonds is 5. The maximum Gasteiger partial charge on any atom is 0.332 e. The van der Waals surface area contributed by atoms with Gasteiger partial charge < -0.3 is 15.8 Å². The molecule has 0 aromatic carbocycles. The number of fused-ring (bicyclic) bond motifs is 2. The second kappa shape index (κ2) is 5.69. The van der Waals surface area contributed by atoms with E-state index in [4.69, 9.17) is 10.5 Å². The molecule has 2 aliphatic rings. The van der Waals surface area contributed by atoms with Crippen LogP contribution in [-0.4, -0.2) is 31.1 Å². The van der Waals surface area contributed by atoms with Crippen molar-refractivity contribution in [3.63, 3.8) is 0 Å². The largest absolute Gasteiger partial charge is 0.464 e. The monoisotopic (exact) mass is 254 g/mol. The first-order chi connectivity index (χ1) is 8.61. The summed E-state index contributed by atoms with van der Waals surface area (Å²) >= 11 is 0. The number of carbonyl (C=O) groups is 2. The summed E-state index contributed by atoms with van der Waals surface area (Å²) in [4.78, 5) is 23.0. The molecule has 102 valence electrons. The van der Waals surface area contributed by atoms with Gasteiger partial charge in [-0.25, -0.2) is 4.79 Å². The van der Waals surface area contributed by atoms with E-state index in [1.165, 1.54) is 25.7 Å². The number of esters is 1. The zero-order chi connectivity index (χ0) is 13.1. The second-order valence-electron chi connectivity index (χ2n) is 5.41. The van der Waals surface area contributed by atoms with Gasteiger partial charge in [0.25, 0.3) is 0 Å². The predicted octanol–water partition coefficient (Wildman–Crippen LogP) is 0.429. The third kappa shape index (κ3) is 2.83. The average Bonchev–Trinajstić information content (AvgIpc) is 2.97. The van der Waals surface area contributed by atoms with Crippen molar-refractivity contribution in [3.05, 3.63) is 0 Å². The van der Waals surface area contributed by atoms with Crippen molar-refractivity contribution in [2.45, 2.75) is 38.6 Å². The van der Waals surface area contributed by atoms with Crippen LogP contribution in [-0.2, 0) is 14.3 Å². The smallest absolute Gasteiger partial charge is 0.332 e. The van der Waals surface area contributed by atoms with E-state index in [2.05, 4.69) is 5.32 Å². The van der Waals surface area contributed by atoms with Crippen molar-refractivity contribution in [2.24, 2.45) is 23.5 Å². The van der Waals surface area contributed by atoms with E-state index in [1.807, 2.05) is 0 Å². The molecule has 0 aromatic heterocycles. The van der Waals surface area contributed by atoms with Gasteiger partial charge in [-0.15, -0.1) is 0 Å². The molecule has 2 fully saturated rings. The van der Waals surface area contributed by atoms with Gasteiger partial charge in [0, 0.05) is 6.54 Å². The zero-order valence-electron chi connectivity index (χ0n) is 10.9. The molecule has 1 amide bonds.